The summed E-state index contributed by atoms with van der Waals surface area (Å²) >= 11 is 0. The molecule has 4 nitrogen and oxygen atoms in total. The van der Waals surface area contributed by atoms with Gasteiger partial charge < -0.3 is 14.4 Å². The van der Waals surface area contributed by atoms with Crippen LogP contribution in [0.2, 0.25) is 0 Å². The minimum absolute atomic E-state index is 0.0440. The molecule has 0 N–H and O–H groups in total. The van der Waals surface area contributed by atoms with Crippen molar-refractivity contribution in [3.05, 3.63) is 0 Å². The lowest BCUT2D eigenvalue weighted by molar-refractivity contribution is -0.111. The third-order valence-electron chi connectivity index (χ3n) is 2.50. The van der Waals surface area contributed by atoms with Crippen LogP contribution < -0.4 is 0 Å². The highest BCUT2D eigenvalue weighted by Crippen LogP contribution is 2.22. The maximum atomic E-state index is 11.7. The van der Waals surface area contributed by atoms with Crippen molar-refractivity contribution >= 4 is 12.4 Å². The van der Waals surface area contributed by atoms with Crippen LogP contribution in [0.25, 0.3) is 0 Å². The first-order valence-corrected chi connectivity index (χ1v) is 5.26. The lowest BCUT2D eigenvalue weighted by atomic mass is 10.0. The van der Waals surface area contributed by atoms with Crippen molar-refractivity contribution in [2.24, 2.45) is 11.8 Å². The highest BCUT2D eigenvalue weighted by Gasteiger charge is 2.34. The Morgan fingerprint density at radius 3 is 2.40 bits per heavy atom. The van der Waals surface area contributed by atoms with E-state index in [0.29, 0.717) is 13.1 Å². The molecule has 1 heterocycles. The summed E-state index contributed by atoms with van der Waals surface area (Å²) in [6.45, 7) is 8.58. The summed E-state index contributed by atoms with van der Waals surface area (Å²) in [6.07, 6.45) is 0.605. The zero-order valence-corrected chi connectivity index (χ0v) is 9.82. The Morgan fingerprint density at radius 1 is 1.40 bits per heavy atom. The van der Waals surface area contributed by atoms with Gasteiger partial charge in [-0.25, -0.2) is 4.79 Å². The van der Waals surface area contributed by atoms with Crippen LogP contribution in [-0.2, 0) is 9.53 Å². The smallest absolute Gasteiger partial charge is 0.410 e. The first kappa shape index (κ1) is 12.0. The SMILES string of the molecule is CC1CN(C(=O)OC(C)(C)C)C[C@H]1C=O. The maximum Gasteiger partial charge on any atom is 0.410 e. The van der Waals surface area contributed by atoms with Crippen LogP contribution >= 0.6 is 0 Å². The molecule has 15 heavy (non-hydrogen) atoms. The molecule has 86 valence electrons. The fraction of sp³-hybridized carbons (Fsp3) is 0.818. The first-order chi connectivity index (χ1) is 6.83. The molecule has 1 rings (SSSR count). The van der Waals surface area contributed by atoms with Crippen LogP contribution in [0.15, 0.2) is 0 Å². The van der Waals surface area contributed by atoms with E-state index in [1.165, 1.54) is 0 Å². The van der Waals surface area contributed by atoms with Gasteiger partial charge in [-0.1, -0.05) is 6.92 Å². The Kier molecular flexibility index (Phi) is 3.37. The summed E-state index contributed by atoms with van der Waals surface area (Å²) in [5, 5.41) is 0. The fourth-order valence-electron chi connectivity index (χ4n) is 1.64. The van der Waals surface area contributed by atoms with Crippen molar-refractivity contribution in [2.75, 3.05) is 13.1 Å². The number of hydrogen-bond donors (Lipinski definition) is 0. The van der Waals surface area contributed by atoms with Crippen LogP contribution in [0.3, 0.4) is 0 Å². The molecule has 0 bridgehead atoms. The van der Waals surface area contributed by atoms with Gasteiger partial charge >= 0.3 is 6.09 Å². The topological polar surface area (TPSA) is 46.6 Å². The van der Waals surface area contributed by atoms with Crippen molar-refractivity contribution in [1.29, 1.82) is 0 Å². The van der Waals surface area contributed by atoms with Gasteiger partial charge in [0.15, 0.2) is 0 Å². The van der Waals surface area contributed by atoms with E-state index in [0.717, 1.165) is 6.29 Å². The molecule has 0 radical (unpaired) electrons. The molecule has 0 spiro atoms. The molecule has 1 aliphatic heterocycles. The van der Waals surface area contributed by atoms with Crippen LogP contribution in [0, 0.1) is 11.8 Å². The highest BCUT2D eigenvalue weighted by atomic mass is 16.6. The van der Waals surface area contributed by atoms with Crippen molar-refractivity contribution in [1.82, 2.24) is 4.90 Å². The molecular weight excluding hydrogens is 194 g/mol. The van der Waals surface area contributed by atoms with E-state index >= 15 is 0 Å². The van der Waals surface area contributed by atoms with Crippen LogP contribution in [0.1, 0.15) is 27.7 Å². The molecule has 0 aromatic heterocycles. The van der Waals surface area contributed by atoms with Crippen molar-refractivity contribution < 1.29 is 14.3 Å². The predicted molar refractivity (Wildman–Crippen MR) is 56.5 cm³/mol. The zero-order valence-electron chi connectivity index (χ0n) is 9.82. The summed E-state index contributed by atoms with van der Waals surface area (Å²) in [5.74, 6) is 0.188. The van der Waals surface area contributed by atoms with E-state index in [9.17, 15) is 9.59 Å². The monoisotopic (exact) mass is 213 g/mol. The quantitative estimate of drug-likeness (QED) is 0.623. The largest absolute Gasteiger partial charge is 0.444 e. The maximum absolute atomic E-state index is 11.7. The van der Waals surface area contributed by atoms with Gasteiger partial charge in [-0.15, -0.1) is 0 Å². The van der Waals surface area contributed by atoms with Crippen molar-refractivity contribution in [3.8, 4) is 0 Å². The van der Waals surface area contributed by atoms with Crippen molar-refractivity contribution in [2.45, 2.75) is 33.3 Å². The molecule has 1 saturated heterocycles. The third kappa shape index (κ3) is 3.22. The molecule has 0 saturated carbocycles. The van der Waals surface area contributed by atoms with E-state index in [1.807, 2.05) is 27.7 Å². The Balaban J connectivity index is 2.53. The van der Waals surface area contributed by atoms with Crippen LogP contribution in [0.4, 0.5) is 4.79 Å². The summed E-state index contributed by atoms with van der Waals surface area (Å²) in [6, 6.07) is 0. The summed E-state index contributed by atoms with van der Waals surface area (Å²) in [5.41, 5.74) is -0.473. The molecular formula is C11H19NO3. The Morgan fingerprint density at radius 2 is 2.00 bits per heavy atom. The summed E-state index contributed by atoms with van der Waals surface area (Å²) in [4.78, 5) is 24.0. The van der Waals surface area contributed by atoms with Gasteiger partial charge in [-0.3, -0.25) is 0 Å². The van der Waals surface area contributed by atoms with Crippen LogP contribution in [0.5, 0.6) is 0 Å². The molecule has 0 aromatic carbocycles. The van der Waals surface area contributed by atoms with Gasteiger partial charge in [0.1, 0.15) is 11.9 Å². The molecule has 4 heteroatoms. The number of nitrogens with zero attached hydrogens (tertiary/aromatic N) is 1. The molecule has 1 unspecified atom stereocenters. The Hall–Kier alpha value is -1.06. The molecule has 0 aromatic rings. The second-order valence-electron chi connectivity index (χ2n) is 5.16. The minimum atomic E-state index is -0.473. The van der Waals surface area contributed by atoms with E-state index in [-0.39, 0.29) is 17.9 Å². The molecule has 1 amide bonds. The Bertz CT molecular complexity index is 257. The van der Waals surface area contributed by atoms with Crippen LogP contribution in [-0.4, -0.2) is 36.0 Å². The normalized spacial score (nSPS) is 26.5. The minimum Gasteiger partial charge on any atom is -0.444 e. The number of likely N-dealkylation sites (tertiary alicyclic amines) is 1. The zero-order chi connectivity index (χ0) is 11.6. The van der Waals surface area contributed by atoms with Crippen molar-refractivity contribution in [3.63, 3.8) is 0 Å². The van der Waals surface area contributed by atoms with E-state index in [4.69, 9.17) is 4.74 Å². The summed E-state index contributed by atoms with van der Waals surface area (Å²) < 4.78 is 5.23. The number of hydrogen-bond acceptors (Lipinski definition) is 3. The lowest BCUT2D eigenvalue weighted by Gasteiger charge is -2.24. The summed E-state index contributed by atoms with van der Waals surface area (Å²) in [7, 11) is 0. The van der Waals surface area contributed by atoms with Gasteiger partial charge in [0.05, 0.1) is 0 Å². The van der Waals surface area contributed by atoms with E-state index in [1.54, 1.807) is 4.90 Å². The molecule has 0 aliphatic carbocycles. The average molecular weight is 213 g/mol. The average Bonchev–Trinajstić information content (AvgIpc) is 2.43. The van der Waals surface area contributed by atoms with Gasteiger partial charge in [-0.05, 0) is 26.7 Å². The fourth-order valence-corrected chi connectivity index (χ4v) is 1.64. The Labute approximate surface area is 90.6 Å². The number of ether oxygens (including phenoxy) is 1. The molecule has 2 atom stereocenters. The highest BCUT2D eigenvalue weighted by molar-refractivity contribution is 5.70. The number of aldehydes is 1. The van der Waals surface area contributed by atoms with Gasteiger partial charge in [0.25, 0.3) is 0 Å². The molecule has 1 aliphatic rings. The second-order valence-corrected chi connectivity index (χ2v) is 5.16. The number of rotatable bonds is 1. The third-order valence-corrected chi connectivity index (χ3v) is 2.50. The number of amides is 1. The van der Waals surface area contributed by atoms with Gasteiger partial charge in [0.2, 0.25) is 0 Å². The predicted octanol–water partition coefficient (Wildman–Crippen LogP) is 1.69. The number of carbonyl (C=O) groups is 2. The standard InChI is InChI=1S/C11H19NO3/c1-8-5-12(6-9(8)7-13)10(14)15-11(2,3)4/h7-9H,5-6H2,1-4H3/t8?,9-/m0/s1. The number of carbonyl (C=O) groups excluding carboxylic acids is 2. The van der Waals surface area contributed by atoms with Gasteiger partial charge in [-0.2, -0.15) is 0 Å². The lowest BCUT2D eigenvalue weighted by Crippen LogP contribution is -2.35. The first-order valence-electron chi connectivity index (χ1n) is 5.26. The van der Waals surface area contributed by atoms with E-state index < -0.39 is 5.60 Å². The van der Waals surface area contributed by atoms with E-state index in [2.05, 4.69) is 0 Å². The second kappa shape index (κ2) is 4.21. The molecule has 1 fully saturated rings. The van der Waals surface area contributed by atoms with Gasteiger partial charge in [0, 0.05) is 19.0 Å².